The number of benzene rings is 1. The molecule has 0 radical (unpaired) electrons. The van der Waals surface area contributed by atoms with Crippen LogP contribution in [0.3, 0.4) is 0 Å². The maximum atomic E-state index is 12.8. The molecule has 0 saturated heterocycles. The number of Topliss-reactive ketones (excluding diaryl/α,β-unsaturated/α-hetero) is 1. The van der Waals surface area contributed by atoms with Gasteiger partial charge in [-0.25, -0.2) is 0 Å². The molecule has 5 heteroatoms. The van der Waals surface area contributed by atoms with Gasteiger partial charge in [0.15, 0.2) is 5.60 Å². The van der Waals surface area contributed by atoms with E-state index < -0.39 is 36.3 Å². The molecule has 0 bridgehead atoms. The van der Waals surface area contributed by atoms with Crippen molar-refractivity contribution in [2.24, 2.45) is 0 Å². The molecule has 1 saturated carbocycles. The molecule has 98 valence electrons. The van der Waals surface area contributed by atoms with Gasteiger partial charge in [-0.3, -0.25) is 4.79 Å². The molecule has 1 aromatic carbocycles. The molecule has 18 heavy (non-hydrogen) atoms. The number of carbonyl (C=O) groups is 1. The zero-order valence-corrected chi connectivity index (χ0v) is 9.57. The molecule has 1 aromatic rings. The van der Waals surface area contributed by atoms with Crippen LogP contribution in [0.4, 0.5) is 13.2 Å². The van der Waals surface area contributed by atoms with Crippen LogP contribution < -0.4 is 0 Å². The largest absolute Gasteiger partial charge is 0.417 e. The molecule has 2 nitrogen and oxygen atoms in total. The maximum absolute atomic E-state index is 12.8. The second kappa shape index (κ2) is 4.39. The Morgan fingerprint density at radius 2 is 1.83 bits per heavy atom. The quantitative estimate of drug-likeness (QED) is 0.841. The Balaban J connectivity index is 2.28. The van der Waals surface area contributed by atoms with Crippen LogP contribution in [0.15, 0.2) is 30.3 Å². The Morgan fingerprint density at radius 1 is 1.22 bits per heavy atom. The third kappa shape index (κ3) is 2.41. The molecule has 0 amide bonds. The second-order valence-electron chi connectivity index (χ2n) is 4.76. The standard InChI is InChI=1S/C13H13F3O2/c14-13(15,16)12(18)7-10(6-11(17)8-12)9-4-2-1-3-5-9/h1-5,10,18H,6-8H2. The van der Waals surface area contributed by atoms with E-state index in [1.165, 1.54) is 0 Å². The predicted molar refractivity (Wildman–Crippen MR) is 59.0 cm³/mol. The van der Waals surface area contributed by atoms with Crippen LogP contribution >= 0.6 is 0 Å². The van der Waals surface area contributed by atoms with Crippen molar-refractivity contribution in [1.29, 1.82) is 0 Å². The third-order valence-electron chi connectivity index (χ3n) is 3.35. The highest BCUT2D eigenvalue weighted by molar-refractivity contribution is 5.81. The normalized spacial score (nSPS) is 29.3. The summed E-state index contributed by atoms with van der Waals surface area (Å²) >= 11 is 0. The second-order valence-corrected chi connectivity index (χ2v) is 4.76. The van der Waals surface area contributed by atoms with E-state index in [1.807, 2.05) is 0 Å². The Hall–Kier alpha value is -1.36. The molecule has 0 heterocycles. The summed E-state index contributed by atoms with van der Waals surface area (Å²) in [4.78, 5) is 11.4. The highest BCUT2D eigenvalue weighted by Crippen LogP contribution is 2.45. The Kier molecular flexibility index (Phi) is 3.19. The maximum Gasteiger partial charge on any atom is 0.417 e. The first kappa shape index (κ1) is 13.1. The molecule has 2 unspecified atom stereocenters. The summed E-state index contributed by atoms with van der Waals surface area (Å²) in [5.41, 5.74) is -2.23. The van der Waals surface area contributed by atoms with Gasteiger partial charge in [0.05, 0.1) is 0 Å². The van der Waals surface area contributed by atoms with Gasteiger partial charge in [-0.2, -0.15) is 13.2 Å². The molecule has 0 spiro atoms. The van der Waals surface area contributed by atoms with Gasteiger partial charge in [-0.1, -0.05) is 30.3 Å². The zero-order valence-electron chi connectivity index (χ0n) is 9.57. The van der Waals surface area contributed by atoms with Crippen molar-refractivity contribution in [2.75, 3.05) is 0 Å². The van der Waals surface area contributed by atoms with E-state index in [9.17, 15) is 23.1 Å². The topological polar surface area (TPSA) is 37.3 Å². The fourth-order valence-electron chi connectivity index (χ4n) is 2.40. The Labute approximate surface area is 102 Å². The molecule has 2 atom stereocenters. The van der Waals surface area contributed by atoms with E-state index in [4.69, 9.17) is 0 Å². The number of alkyl halides is 3. The van der Waals surface area contributed by atoms with Crippen molar-refractivity contribution < 1.29 is 23.1 Å². The van der Waals surface area contributed by atoms with E-state index in [-0.39, 0.29) is 6.42 Å². The van der Waals surface area contributed by atoms with Gasteiger partial charge in [0.2, 0.25) is 0 Å². The van der Waals surface area contributed by atoms with E-state index >= 15 is 0 Å². The number of halogens is 3. The van der Waals surface area contributed by atoms with Crippen LogP contribution in [-0.2, 0) is 4.79 Å². The molecule has 1 fully saturated rings. The minimum Gasteiger partial charge on any atom is -0.380 e. The molecule has 1 aliphatic carbocycles. The lowest BCUT2D eigenvalue weighted by Gasteiger charge is -2.37. The fourth-order valence-corrected chi connectivity index (χ4v) is 2.40. The first-order chi connectivity index (χ1) is 8.32. The summed E-state index contributed by atoms with van der Waals surface area (Å²) in [6, 6.07) is 8.53. The van der Waals surface area contributed by atoms with E-state index in [0.29, 0.717) is 5.56 Å². The molecule has 0 aromatic heterocycles. The summed E-state index contributed by atoms with van der Waals surface area (Å²) in [6.45, 7) is 0. The molecule has 1 N–H and O–H groups in total. The minimum absolute atomic E-state index is 0.0579. The number of rotatable bonds is 1. The predicted octanol–water partition coefficient (Wildman–Crippen LogP) is 2.82. The third-order valence-corrected chi connectivity index (χ3v) is 3.35. The number of carbonyl (C=O) groups excluding carboxylic acids is 1. The van der Waals surface area contributed by atoms with Gasteiger partial charge in [0, 0.05) is 12.8 Å². The minimum atomic E-state index is -4.77. The van der Waals surface area contributed by atoms with E-state index in [1.54, 1.807) is 30.3 Å². The van der Waals surface area contributed by atoms with Crippen LogP contribution in [0.2, 0.25) is 0 Å². The molecule has 1 aliphatic rings. The SMILES string of the molecule is O=C1CC(c2ccccc2)CC(O)(C(F)(F)F)C1. The summed E-state index contributed by atoms with van der Waals surface area (Å²) < 4.78 is 38.4. The number of ketones is 1. The first-order valence-electron chi connectivity index (χ1n) is 5.67. The molecular weight excluding hydrogens is 245 g/mol. The van der Waals surface area contributed by atoms with Crippen molar-refractivity contribution in [3.8, 4) is 0 Å². The average molecular weight is 258 g/mol. The average Bonchev–Trinajstić information content (AvgIpc) is 2.27. The summed E-state index contributed by atoms with van der Waals surface area (Å²) in [7, 11) is 0. The lowest BCUT2D eigenvalue weighted by molar-refractivity contribution is -0.267. The summed E-state index contributed by atoms with van der Waals surface area (Å²) in [6.07, 6.45) is -6.00. The lowest BCUT2D eigenvalue weighted by Crippen LogP contribution is -2.50. The summed E-state index contributed by atoms with van der Waals surface area (Å²) in [5.74, 6) is -1.12. The fraction of sp³-hybridized carbons (Fsp3) is 0.462. The van der Waals surface area contributed by atoms with Crippen LogP contribution in [0.25, 0.3) is 0 Å². The number of hydrogen-bond donors (Lipinski definition) is 1. The van der Waals surface area contributed by atoms with Crippen LogP contribution in [0, 0.1) is 0 Å². The van der Waals surface area contributed by atoms with Crippen molar-refractivity contribution in [3.05, 3.63) is 35.9 Å². The van der Waals surface area contributed by atoms with E-state index in [2.05, 4.69) is 0 Å². The van der Waals surface area contributed by atoms with Gasteiger partial charge in [0.25, 0.3) is 0 Å². The molecular formula is C13H13F3O2. The van der Waals surface area contributed by atoms with Gasteiger partial charge >= 0.3 is 6.18 Å². The van der Waals surface area contributed by atoms with Crippen LogP contribution in [-0.4, -0.2) is 22.7 Å². The van der Waals surface area contributed by atoms with Gasteiger partial charge in [-0.05, 0) is 17.9 Å². The van der Waals surface area contributed by atoms with Crippen molar-refractivity contribution in [3.63, 3.8) is 0 Å². The van der Waals surface area contributed by atoms with Gasteiger partial charge < -0.3 is 5.11 Å². The van der Waals surface area contributed by atoms with Crippen molar-refractivity contribution >= 4 is 5.78 Å². The van der Waals surface area contributed by atoms with Crippen molar-refractivity contribution in [2.45, 2.75) is 37.0 Å². The molecule has 0 aliphatic heterocycles. The molecule has 2 rings (SSSR count). The first-order valence-corrected chi connectivity index (χ1v) is 5.67. The summed E-state index contributed by atoms with van der Waals surface area (Å²) in [5, 5.41) is 9.66. The Bertz CT molecular complexity index is 441. The lowest BCUT2D eigenvalue weighted by atomic mass is 9.74. The zero-order chi connectivity index (χ0) is 13.4. The van der Waals surface area contributed by atoms with Crippen molar-refractivity contribution in [1.82, 2.24) is 0 Å². The highest BCUT2D eigenvalue weighted by atomic mass is 19.4. The van der Waals surface area contributed by atoms with Crippen LogP contribution in [0.5, 0.6) is 0 Å². The van der Waals surface area contributed by atoms with Gasteiger partial charge in [0.1, 0.15) is 5.78 Å². The Morgan fingerprint density at radius 3 is 2.39 bits per heavy atom. The monoisotopic (exact) mass is 258 g/mol. The number of aliphatic hydroxyl groups is 1. The van der Waals surface area contributed by atoms with Gasteiger partial charge in [-0.15, -0.1) is 0 Å². The number of hydrogen-bond acceptors (Lipinski definition) is 2. The highest BCUT2D eigenvalue weighted by Gasteiger charge is 2.57. The van der Waals surface area contributed by atoms with E-state index in [0.717, 1.165) is 0 Å². The smallest absolute Gasteiger partial charge is 0.380 e. The van der Waals surface area contributed by atoms with Crippen LogP contribution in [0.1, 0.15) is 30.7 Å².